The number of allylic oxidation sites excluding steroid dienone is 2. The molecule has 0 spiro atoms. The van der Waals surface area contributed by atoms with Gasteiger partial charge < -0.3 is 10.0 Å². The molecule has 1 N–H and O–H groups in total. The molecule has 0 aromatic heterocycles. The van der Waals surface area contributed by atoms with Gasteiger partial charge in [0.1, 0.15) is 0 Å². The van der Waals surface area contributed by atoms with Crippen LogP contribution in [0.4, 0.5) is 0 Å². The zero-order valence-electron chi connectivity index (χ0n) is 8.94. The maximum absolute atomic E-state index is 12.0. The number of aliphatic hydroxyl groups excluding tert-OH is 1. The normalized spacial score (nSPS) is 16.6. The summed E-state index contributed by atoms with van der Waals surface area (Å²) in [6.07, 6.45) is 5.82. The Labute approximate surface area is 85.4 Å². The van der Waals surface area contributed by atoms with E-state index in [0.717, 1.165) is 12.8 Å². The minimum Gasteiger partial charge on any atom is -0.395 e. The van der Waals surface area contributed by atoms with Crippen LogP contribution in [-0.4, -0.2) is 35.1 Å². The Bertz CT molecular complexity index is 215. The standard InChI is InChI=1S/C11H19NO2/c1-9(2)12(7-8-13)11(14)10-5-3-4-6-10/h3-4,9-10,13H,5-8H2,1-2H3. The average molecular weight is 197 g/mol. The molecule has 0 fully saturated rings. The van der Waals surface area contributed by atoms with Gasteiger partial charge >= 0.3 is 0 Å². The van der Waals surface area contributed by atoms with Crippen molar-refractivity contribution in [1.82, 2.24) is 4.90 Å². The predicted molar refractivity (Wildman–Crippen MR) is 55.8 cm³/mol. The Morgan fingerprint density at radius 1 is 1.50 bits per heavy atom. The van der Waals surface area contributed by atoms with E-state index in [9.17, 15) is 4.79 Å². The fourth-order valence-electron chi connectivity index (χ4n) is 1.78. The van der Waals surface area contributed by atoms with Crippen molar-refractivity contribution in [3.63, 3.8) is 0 Å². The maximum atomic E-state index is 12.0. The Hall–Kier alpha value is -0.830. The number of hydrogen-bond acceptors (Lipinski definition) is 2. The van der Waals surface area contributed by atoms with Crippen LogP contribution in [0.25, 0.3) is 0 Å². The second kappa shape index (κ2) is 5.15. The van der Waals surface area contributed by atoms with Gasteiger partial charge in [-0.25, -0.2) is 0 Å². The minimum atomic E-state index is 0.0457. The maximum Gasteiger partial charge on any atom is 0.226 e. The molecule has 0 aromatic rings. The highest BCUT2D eigenvalue weighted by Gasteiger charge is 2.25. The zero-order chi connectivity index (χ0) is 10.6. The van der Waals surface area contributed by atoms with E-state index in [1.165, 1.54) is 0 Å². The monoisotopic (exact) mass is 197 g/mol. The Morgan fingerprint density at radius 3 is 2.50 bits per heavy atom. The van der Waals surface area contributed by atoms with Crippen molar-refractivity contribution in [2.75, 3.05) is 13.2 Å². The molecule has 0 saturated carbocycles. The fourth-order valence-corrected chi connectivity index (χ4v) is 1.78. The highest BCUT2D eigenvalue weighted by Crippen LogP contribution is 2.21. The second-order valence-electron chi connectivity index (χ2n) is 3.99. The third kappa shape index (κ3) is 2.58. The van der Waals surface area contributed by atoms with Crippen LogP contribution in [0.3, 0.4) is 0 Å². The first-order chi connectivity index (χ1) is 6.66. The largest absolute Gasteiger partial charge is 0.395 e. The quantitative estimate of drug-likeness (QED) is 0.687. The highest BCUT2D eigenvalue weighted by molar-refractivity contribution is 5.79. The molecule has 0 unspecified atom stereocenters. The van der Waals surface area contributed by atoms with Gasteiger partial charge in [-0.2, -0.15) is 0 Å². The molecule has 0 heterocycles. The lowest BCUT2D eigenvalue weighted by Gasteiger charge is -2.28. The number of carbonyl (C=O) groups is 1. The number of hydrogen-bond donors (Lipinski definition) is 1. The summed E-state index contributed by atoms with van der Waals surface area (Å²) in [4.78, 5) is 13.7. The van der Waals surface area contributed by atoms with Gasteiger partial charge in [-0.15, -0.1) is 0 Å². The third-order valence-corrected chi connectivity index (χ3v) is 2.60. The molecule has 3 heteroatoms. The summed E-state index contributed by atoms with van der Waals surface area (Å²) in [6, 6.07) is 0.176. The molecule has 0 bridgehead atoms. The molecule has 14 heavy (non-hydrogen) atoms. The molecule has 1 amide bonds. The molecular weight excluding hydrogens is 178 g/mol. The molecule has 80 valence electrons. The van der Waals surface area contributed by atoms with Crippen molar-refractivity contribution in [3.05, 3.63) is 12.2 Å². The van der Waals surface area contributed by atoms with Gasteiger partial charge in [-0.1, -0.05) is 12.2 Å². The SMILES string of the molecule is CC(C)N(CCO)C(=O)C1CC=CC1. The molecule has 0 atom stereocenters. The van der Waals surface area contributed by atoms with E-state index in [1.54, 1.807) is 4.90 Å². The number of amides is 1. The number of rotatable bonds is 4. The van der Waals surface area contributed by atoms with E-state index in [1.807, 2.05) is 13.8 Å². The van der Waals surface area contributed by atoms with Crippen molar-refractivity contribution in [1.29, 1.82) is 0 Å². The van der Waals surface area contributed by atoms with E-state index in [2.05, 4.69) is 12.2 Å². The topological polar surface area (TPSA) is 40.5 Å². The molecule has 0 aliphatic heterocycles. The van der Waals surface area contributed by atoms with E-state index < -0.39 is 0 Å². The van der Waals surface area contributed by atoms with Gasteiger partial charge in [0.2, 0.25) is 5.91 Å². The van der Waals surface area contributed by atoms with Crippen molar-refractivity contribution in [3.8, 4) is 0 Å². The summed E-state index contributed by atoms with van der Waals surface area (Å²) in [5, 5.41) is 8.87. The summed E-state index contributed by atoms with van der Waals surface area (Å²) < 4.78 is 0. The van der Waals surface area contributed by atoms with E-state index in [0.29, 0.717) is 6.54 Å². The van der Waals surface area contributed by atoms with Crippen LogP contribution < -0.4 is 0 Å². The zero-order valence-corrected chi connectivity index (χ0v) is 8.94. The smallest absolute Gasteiger partial charge is 0.226 e. The van der Waals surface area contributed by atoms with Crippen LogP contribution in [0.1, 0.15) is 26.7 Å². The Morgan fingerprint density at radius 2 is 2.07 bits per heavy atom. The van der Waals surface area contributed by atoms with Gasteiger partial charge in [0, 0.05) is 18.5 Å². The summed E-state index contributed by atoms with van der Waals surface area (Å²) >= 11 is 0. The van der Waals surface area contributed by atoms with Crippen LogP contribution in [0.5, 0.6) is 0 Å². The molecule has 0 saturated heterocycles. The van der Waals surface area contributed by atoms with Crippen LogP contribution in [0.2, 0.25) is 0 Å². The molecule has 0 radical (unpaired) electrons. The molecule has 1 aliphatic rings. The van der Waals surface area contributed by atoms with Gasteiger partial charge in [0.25, 0.3) is 0 Å². The number of aliphatic hydroxyl groups is 1. The van der Waals surface area contributed by atoms with Gasteiger partial charge in [0.15, 0.2) is 0 Å². The van der Waals surface area contributed by atoms with E-state index >= 15 is 0 Å². The van der Waals surface area contributed by atoms with Crippen LogP contribution >= 0.6 is 0 Å². The summed E-state index contributed by atoms with van der Waals surface area (Å²) in [6.45, 7) is 4.46. The van der Waals surface area contributed by atoms with Crippen molar-refractivity contribution in [2.45, 2.75) is 32.7 Å². The summed E-state index contributed by atoms with van der Waals surface area (Å²) in [7, 11) is 0. The van der Waals surface area contributed by atoms with Crippen LogP contribution in [-0.2, 0) is 4.79 Å². The van der Waals surface area contributed by atoms with Crippen LogP contribution in [0, 0.1) is 5.92 Å². The van der Waals surface area contributed by atoms with E-state index in [4.69, 9.17) is 5.11 Å². The molecule has 3 nitrogen and oxygen atoms in total. The van der Waals surface area contributed by atoms with Gasteiger partial charge in [0.05, 0.1) is 6.61 Å². The van der Waals surface area contributed by atoms with Crippen LogP contribution in [0.15, 0.2) is 12.2 Å². The minimum absolute atomic E-state index is 0.0457. The average Bonchev–Trinajstić information content (AvgIpc) is 2.65. The third-order valence-electron chi connectivity index (χ3n) is 2.60. The Balaban J connectivity index is 2.54. The Kier molecular flexibility index (Phi) is 4.14. The van der Waals surface area contributed by atoms with E-state index in [-0.39, 0.29) is 24.5 Å². The van der Waals surface area contributed by atoms with Gasteiger partial charge in [-0.3, -0.25) is 4.79 Å². The summed E-state index contributed by atoms with van der Waals surface area (Å²) in [5.41, 5.74) is 0. The first-order valence-electron chi connectivity index (χ1n) is 5.23. The van der Waals surface area contributed by atoms with Crippen molar-refractivity contribution >= 4 is 5.91 Å². The molecular formula is C11H19NO2. The lowest BCUT2D eigenvalue weighted by Crippen LogP contribution is -2.42. The lowest BCUT2D eigenvalue weighted by molar-refractivity contribution is -0.137. The fraction of sp³-hybridized carbons (Fsp3) is 0.727. The van der Waals surface area contributed by atoms with Crippen molar-refractivity contribution in [2.24, 2.45) is 5.92 Å². The molecule has 1 rings (SSSR count). The first kappa shape index (κ1) is 11.2. The number of carbonyl (C=O) groups excluding carboxylic acids is 1. The molecule has 0 aromatic carbocycles. The number of nitrogens with zero attached hydrogens (tertiary/aromatic N) is 1. The first-order valence-corrected chi connectivity index (χ1v) is 5.23. The second-order valence-corrected chi connectivity index (χ2v) is 3.99. The van der Waals surface area contributed by atoms with Crippen molar-refractivity contribution < 1.29 is 9.90 Å². The highest BCUT2D eigenvalue weighted by atomic mass is 16.3. The lowest BCUT2D eigenvalue weighted by atomic mass is 10.0. The van der Waals surface area contributed by atoms with Gasteiger partial charge in [-0.05, 0) is 26.7 Å². The predicted octanol–water partition coefficient (Wildman–Crippen LogP) is 1.18. The molecule has 1 aliphatic carbocycles. The summed E-state index contributed by atoms with van der Waals surface area (Å²) in [5.74, 6) is 0.294.